The number of nitrogens with zero attached hydrogens (tertiary/aromatic N) is 6. The number of aromatic nitrogens is 2. The van der Waals surface area contributed by atoms with E-state index in [4.69, 9.17) is 4.74 Å². The maximum atomic E-state index is 12.1. The fourth-order valence-corrected chi connectivity index (χ4v) is 4.37. The van der Waals surface area contributed by atoms with Crippen LogP contribution in [0.3, 0.4) is 0 Å². The number of likely N-dealkylation sites (N-methyl/N-ethyl adjacent to an activating group) is 1. The van der Waals surface area contributed by atoms with Gasteiger partial charge in [-0.15, -0.1) is 0 Å². The van der Waals surface area contributed by atoms with Crippen molar-refractivity contribution >= 4 is 40.1 Å². The predicted octanol–water partition coefficient (Wildman–Crippen LogP) is 2.00. The summed E-state index contributed by atoms with van der Waals surface area (Å²) in [5.74, 6) is 0.838. The molecule has 1 aromatic heterocycles. The number of aliphatic imine (C=N–C) groups is 2. The van der Waals surface area contributed by atoms with E-state index in [0.29, 0.717) is 57.8 Å². The van der Waals surface area contributed by atoms with Gasteiger partial charge in [0.05, 0.1) is 41.5 Å². The number of nitrogens with one attached hydrogen (secondary N) is 2. The number of ether oxygens (including phenoxy) is 1. The number of halogens is 1. The lowest BCUT2D eigenvalue weighted by atomic mass is 10.3. The maximum Gasteiger partial charge on any atom is 0.224 e. The number of hydrogen-bond acceptors (Lipinski definition) is 7. The Kier molecular flexibility index (Phi) is 9.89. The molecule has 0 radical (unpaired) electrons. The Labute approximate surface area is 204 Å². The number of amides is 1. The monoisotopic (exact) mass is 522 g/mol. The molecule has 0 aromatic carbocycles. The number of likely N-dealkylation sites (tertiary alicyclic amines) is 1. The van der Waals surface area contributed by atoms with E-state index in [2.05, 4.69) is 71.2 Å². The molecule has 1 amide bonds. The molecule has 3 rings (SSSR count). The van der Waals surface area contributed by atoms with E-state index in [-0.39, 0.29) is 5.91 Å². The lowest BCUT2D eigenvalue weighted by molar-refractivity contribution is -0.130. The quantitative estimate of drug-likeness (QED) is 0.277. The van der Waals surface area contributed by atoms with Crippen molar-refractivity contribution in [3.8, 4) is 0 Å². The summed E-state index contributed by atoms with van der Waals surface area (Å²) in [6, 6.07) is 0.420. The number of amidine groups is 1. The van der Waals surface area contributed by atoms with Gasteiger partial charge in [0.15, 0.2) is 0 Å². The average Bonchev–Trinajstić information content (AvgIpc) is 3.32. The van der Waals surface area contributed by atoms with Gasteiger partial charge in [-0.05, 0) is 56.0 Å². The van der Waals surface area contributed by atoms with Crippen LogP contribution >= 0.6 is 15.9 Å². The Morgan fingerprint density at radius 2 is 2.27 bits per heavy atom. The van der Waals surface area contributed by atoms with Gasteiger partial charge in [-0.2, -0.15) is 5.10 Å². The summed E-state index contributed by atoms with van der Waals surface area (Å²) in [4.78, 5) is 24.8. The highest BCUT2D eigenvalue weighted by Crippen LogP contribution is 2.23. The van der Waals surface area contributed by atoms with E-state index in [0.717, 1.165) is 41.8 Å². The van der Waals surface area contributed by atoms with Gasteiger partial charge in [0.1, 0.15) is 12.5 Å². The summed E-state index contributed by atoms with van der Waals surface area (Å²) in [6.45, 7) is 11.2. The average molecular weight is 523 g/mol. The molecule has 33 heavy (non-hydrogen) atoms. The highest BCUT2D eigenvalue weighted by molar-refractivity contribution is 9.12. The zero-order valence-corrected chi connectivity index (χ0v) is 21.2. The predicted molar refractivity (Wildman–Crippen MR) is 135 cm³/mol. The molecule has 1 aromatic rings. The van der Waals surface area contributed by atoms with E-state index >= 15 is 0 Å². The van der Waals surface area contributed by atoms with Crippen molar-refractivity contribution in [3.05, 3.63) is 22.6 Å². The van der Waals surface area contributed by atoms with Gasteiger partial charge in [-0.1, -0.05) is 0 Å². The number of carbonyl (C=O) groups excluding carboxylic acids is 1. The standard InChI is InChI=1S/C22H35BrN8O2/c1-17-20(15-31(28-17)18-5-9-29(3)14-18)26-16-27-22(19(23)13-24-2)25-7-4-8-30-10-12-33-11-6-21(30)32/h13,15,18,26H,2,4-12,14,16H2,1,3H3,(H,25,27)/b19-13+. The van der Waals surface area contributed by atoms with Crippen molar-refractivity contribution in [1.82, 2.24) is 24.9 Å². The highest BCUT2D eigenvalue weighted by atomic mass is 79.9. The summed E-state index contributed by atoms with van der Waals surface area (Å²) in [7, 11) is 2.14. The fraction of sp³-hybridized carbons (Fsp3) is 0.636. The molecule has 1 atom stereocenters. The molecular formula is C22H35BrN8O2. The Hall–Kier alpha value is -2.24. The van der Waals surface area contributed by atoms with Crippen LogP contribution < -0.4 is 10.6 Å². The van der Waals surface area contributed by atoms with E-state index < -0.39 is 0 Å². The molecule has 2 aliphatic rings. The number of hydrogen-bond donors (Lipinski definition) is 2. The Balaban J connectivity index is 1.52. The molecule has 0 saturated carbocycles. The third-order valence-corrected chi connectivity index (χ3v) is 6.39. The smallest absolute Gasteiger partial charge is 0.224 e. The number of anilines is 1. The molecule has 3 heterocycles. The van der Waals surface area contributed by atoms with Crippen molar-refractivity contribution in [2.24, 2.45) is 9.98 Å². The normalized spacial score (nSPS) is 20.8. The molecule has 2 saturated heterocycles. The molecular weight excluding hydrogens is 488 g/mol. The van der Waals surface area contributed by atoms with Crippen LogP contribution in [0.1, 0.15) is 31.0 Å². The van der Waals surface area contributed by atoms with Gasteiger partial charge < -0.3 is 25.2 Å². The van der Waals surface area contributed by atoms with Crippen LogP contribution in [0.2, 0.25) is 0 Å². The molecule has 2 aliphatic heterocycles. The van der Waals surface area contributed by atoms with Crippen LogP contribution in [0.15, 0.2) is 26.9 Å². The Morgan fingerprint density at radius 1 is 1.42 bits per heavy atom. The second-order valence-corrected chi connectivity index (χ2v) is 9.19. The van der Waals surface area contributed by atoms with Gasteiger partial charge in [0.2, 0.25) is 5.91 Å². The zero-order valence-electron chi connectivity index (χ0n) is 19.6. The first-order chi connectivity index (χ1) is 16.0. The lowest BCUT2D eigenvalue weighted by Crippen LogP contribution is -2.35. The number of rotatable bonds is 10. The van der Waals surface area contributed by atoms with E-state index in [1.807, 2.05) is 11.8 Å². The minimum Gasteiger partial charge on any atom is -0.379 e. The first-order valence-corrected chi connectivity index (χ1v) is 12.2. The molecule has 2 fully saturated rings. The maximum absolute atomic E-state index is 12.1. The first kappa shape index (κ1) is 25.4. The van der Waals surface area contributed by atoms with Gasteiger partial charge in [-0.25, -0.2) is 4.99 Å². The number of carbonyl (C=O) groups is 1. The summed E-state index contributed by atoms with van der Waals surface area (Å²) in [5.41, 5.74) is 1.94. The van der Waals surface area contributed by atoms with Crippen LogP contribution in [0.5, 0.6) is 0 Å². The van der Waals surface area contributed by atoms with Gasteiger partial charge >= 0.3 is 0 Å². The SMILES string of the molecule is C=N/C=C(/Br)C(=NCNc1cn(C2CCN(C)C2)nc1C)NCCCN1CCOCCC1=O. The fourth-order valence-electron chi connectivity index (χ4n) is 3.96. The summed E-state index contributed by atoms with van der Waals surface area (Å²) < 4.78 is 8.17. The molecule has 1 unspecified atom stereocenters. The second kappa shape index (κ2) is 12.9. The van der Waals surface area contributed by atoms with Gasteiger partial charge in [0.25, 0.3) is 0 Å². The summed E-state index contributed by atoms with van der Waals surface area (Å²) in [5, 5.41) is 11.4. The number of aryl methyl sites for hydroxylation is 1. The molecule has 0 bridgehead atoms. The summed E-state index contributed by atoms with van der Waals surface area (Å²) in [6.07, 6.45) is 6.06. The molecule has 0 spiro atoms. The lowest BCUT2D eigenvalue weighted by Gasteiger charge is -2.20. The van der Waals surface area contributed by atoms with Crippen LogP contribution in [0, 0.1) is 6.92 Å². The molecule has 2 N–H and O–H groups in total. The van der Waals surface area contributed by atoms with Crippen LogP contribution in [0.4, 0.5) is 5.69 Å². The van der Waals surface area contributed by atoms with Gasteiger partial charge in [0, 0.05) is 38.6 Å². The van der Waals surface area contributed by atoms with E-state index in [9.17, 15) is 4.79 Å². The van der Waals surface area contributed by atoms with Crippen molar-refractivity contribution < 1.29 is 9.53 Å². The van der Waals surface area contributed by atoms with Crippen molar-refractivity contribution in [3.63, 3.8) is 0 Å². The van der Waals surface area contributed by atoms with Gasteiger partial charge in [-0.3, -0.25) is 14.5 Å². The second-order valence-electron chi connectivity index (χ2n) is 8.34. The van der Waals surface area contributed by atoms with Crippen LogP contribution in [-0.2, 0) is 9.53 Å². The third-order valence-electron chi connectivity index (χ3n) is 5.81. The highest BCUT2D eigenvalue weighted by Gasteiger charge is 2.22. The Bertz CT molecular complexity index is 869. The summed E-state index contributed by atoms with van der Waals surface area (Å²) >= 11 is 3.51. The zero-order chi connectivity index (χ0) is 23.6. The molecule has 11 heteroatoms. The topological polar surface area (TPSA) is 99.4 Å². The molecule has 0 aliphatic carbocycles. The molecule has 182 valence electrons. The van der Waals surface area contributed by atoms with Crippen LogP contribution in [-0.4, -0.2) is 97.7 Å². The minimum atomic E-state index is 0.155. The van der Waals surface area contributed by atoms with Crippen molar-refractivity contribution in [2.75, 3.05) is 65.0 Å². The molecule has 10 nitrogen and oxygen atoms in total. The largest absolute Gasteiger partial charge is 0.379 e. The van der Waals surface area contributed by atoms with E-state index in [1.165, 1.54) is 0 Å². The Morgan fingerprint density at radius 3 is 3.03 bits per heavy atom. The van der Waals surface area contributed by atoms with E-state index in [1.54, 1.807) is 6.20 Å². The van der Waals surface area contributed by atoms with Crippen LogP contribution in [0.25, 0.3) is 0 Å². The van der Waals surface area contributed by atoms with Crippen molar-refractivity contribution in [1.29, 1.82) is 0 Å². The minimum absolute atomic E-state index is 0.155. The third kappa shape index (κ3) is 7.65. The first-order valence-electron chi connectivity index (χ1n) is 11.4. The van der Waals surface area contributed by atoms with Crippen molar-refractivity contribution in [2.45, 2.75) is 32.2 Å².